The van der Waals surface area contributed by atoms with E-state index >= 15 is 0 Å². The highest BCUT2D eigenvalue weighted by atomic mass is 19.4. The van der Waals surface area contributed by atoms with Crippen LogP contribution in [0, 0.1) is 11.8 Å². The van der Waals surface area contributed by atoms with Crippen LogP contribution in [0.25, 0.3) is 0 Å². The molecule has 1 aromatic rings. The summed E-state index contributed by atoms with van der Waals surface area (Å²) in [5.41, 5.74) is 1.06. The number of aliphatic hydroxyl groups is 2. The molecule has 0 radical (unpaired) electrons. The minimum absolute atomic E-state index is 0.0584. The monoisotopic (exact) mass is 343 g/mol. The molecule has 0 saturated heterocycles. The van der Waals surface area contributed by atoms with Gasteiger partial charge >= 0.3 is 12.1 Å². The van der Waals surface area contributed by atoms with E-state index < -0.39 is 24.3 Å². The fourth-order valence-electron chi connectivity index (χ4n) is 1.93. The summed E-state index contributed by atoms with van der Waals surface area (Å²) in [4.78, 5) is 10.7. The van der Waals surface area contributed by atoms with Gasteiger partial charge in [-0.15, -0.1) is 0 Å². The Morgan fingerprint density at radius 2 is 2.00 bits per heavy atom. The summed E-state index contributed by atoms with van der Waals surface area (Å²) in [7, 11) is 0. The van der Waals surface area contributed by atoms with Crippen LogP contribution in [-0.4, -0.2) is 34.9 Å². The molecular formula is C17H20F3NO3. The van der Waals surface area contributed by atoms with E-state index in [1.165, 1.54) is 0 Å². The zero-order valence-electron chi connectivity index (χ0n) is 13.2. The molecule has 1 rings (SSSR count). The van der Waals surface area contributed by atoms with E-state index in [1.807, 2.05) is 6.92 Å². The van der Waals surface area contributed by atoms with Crippen molar-refractivity contribution in [3.05, 3.63) is 35.4 Å². The van der Waals surface area contributed by atoms with Crippen molar-refractivity contribution in [3.63, 3.8) is 0 Å². The fourth-order valence-corrected chi connectivity index (χ4v) is 1.93. The van der Waals surface area contributed by atoms with Gasteiger partial charge in [0.05, 0.1) is 6.10 Å². The van der Waals surface area contributed by atoms with Gasteiger partial charge in [0, 0.05) is 12.1 Å². The number of halogens is 3. The second-order valence-electron chi connectivity index (χ2n) is 5.26. The molecule has 3 N–H and O–H groups in total. The number of rotatable bonds is 6. The van der Waals surface area contributed by atoms with E-state index in [2.05, 4.69) is 11.8 Å². The molecule has 0 aliphatic heterocycles. The lowest BCUT2D eigenvalue weighted by Crippen LogP contribution is -2.37. The third kappa shape index (κ3) is 7.02. The van der Waals surface area contributed by atoms with Crippen LogP contribution in [0.15, 0.2) is 24.3 Å². The fraction of sp³-hybridized carbons (Fsp3) is 0.471. The van der Waals surface area contributed by atoms with E-state index in [0.29, 0.717) is 17.5 Å². The summed E-state index contributed by atoms with van der Waals surface area (Å²) in [5.74, 6) is 3.44. The number of nitrogens with one attached hydrogen (secondary N) is 1. The van der Waals surface area contributed by atoms with Gasteiger partial charge in [-0.3, -0.25) is 4.79 Å². The number of aliphatic hydroxyl groups excluding tert-OH is 2. The molecule has 0 aliphatic rings. The first-order valence-electron chi connectivity index (χ1n) is 7.56. The smallest absolute Gasteiger partial charge is 0.388 e. The molecule has 0 aliphatic carbocycles. The van der Waals surface area contributed by atoms with E-state index in [1.54, 1.807) is 29.6 Å². The van der Waals surface area contributed by atoms with Gasteiger partial charge in [0.15, 0.2) is 0 Å². The van der Waals surface area contributed by atoms with Crippen molar-refractivity contribution in [1.82, 2.24) is 5.32 Å². The highest BCUT2D eigenvalue weighted by Crippen LogP contribution is 2.18. The van der Waals surface area contributed by atoms with Crippen LogP contribution in [0.2, 0.25) is 0 Å². The predicted molar refractivity (Wildman–Crippen MR) is 82.9 cm³/mol. The van der Waals surface area contributed by atoms with Crippen molar-refractivity contribution in [2.24, 2.45) is 0 Å². The molecule has 0 aromatic heterocycles. The van der Waals surface area contributed by atoms with Gasteiger partial charge in [0.1, 0.15) is 6.10 Å². The minimum Gasteiger partial charge on any atom is -0.388 e. The van der Waals surface area contributed by atoms with E-state index in [4.69, 9.17) is 0 Å². The quantitative estimate of drug-likeness (QED) is 0.694. The van der Waals surface area contributed by atoms with Crippen molar-refractivity contribution < 1.29 is 28.2 Å². The summed E-state index contributed by atoms with van der Waals surface area (Å²) in [6, 6.07) is 6.57. The minimum atomic E-state index is -4.93. The molecule has 0 saturated carbocycles. The third-order valence-corrected chi connectivity index (χ3v) is 3.18. The Bertz CT molecular complexity index is 605. The number of alkyl halides is 3. The average Bonchev–Trinajstić information content (AvgIpc) is 2.52. The van der Waals surface area contributed by atoms with Crippen LogP contribution in [0.5, 0.6) is 0 Å². The molecule has 0 heterocycles. The second kappa shape index (κ2) is 9.30. The van der Waals surface area contributed by atoms with Gasteiger partial charge in [0.2, 0.25) is 0 Å². The first-order chi connectivity index (χ1) is 11.2. The lowest BCUT2D eigenvalue weighted by atomic mass is 10.0. The zero-order chi connectivity index (χ0) is 18.2. The Balaban J connectivity index is 2.61. The van der Waals surface area contributed by atoms with Gasteiger partial charge in [0.25, 0.3) is 0 Å². The lowest BCUT2D eigenvalue weighted by molar-refractivity contribution is -0.173. The highest BCUT2D eigenvalue weighted by Gasteiger charge is 2.38. The first kappa shape index (κ1) is 20.0. The standard InChI is InChI=1S/C17H20F3NO3/c1-2-4-14(22)8-7-12-5-3-6-13(11-12)15(23)9-10-21-16(24)17(18,19)20/h3,5-6,11,14-15,22-23H,2,4,9-10H2,1H3,(H,21,24). The Morgan fingerprint density at radius 1 is 1.29 bits per heavy atom. The Kier molecular flexibility index (Phi) is 7.75. The predicted octanol–water partition coefficient (Wildman–Crippen LogP) is 2.30. The van der Waals surface area contributed by atoms with Crippen LogP contribution in [0.4, 0.5) is 13.2 Å². The van der Waals surface area contributed by atoms with E-state index in [-0.39, 0.29) is 13.0 Å². The first-order valence-corrected chi connectivity index (χ1v) is 7.56. The van der Waals surface area contributed by atoms with Crippen molar-refractivity contribution >= 4 is 5.91 Å². The summed E-state index contributed by atoms with van der Waals surface area (Å²) >= 11 is 0. The van der Waals surface area contributed by atoms with Gasteiger partial charge < -0.3 is 15.5 Å². The number of amides is 1. The number of hydrogen-bond donors (Lipinski definition) is 3. The normalized spacial score (nSPS) is 13.6. The molecule has 4 nitrogen and oxygen atoms in total. The SMILES string of the molecule is CCCC(O)C#Cc1cccc(C(O)CCNC(=O)C(F)(F)F)c1. The number of carbonyl (C=O) groups excluding carboxylic acids is 1. The summed E-state index contributed by atoms with van der Waals surface area (Å²) in [5, 5.41) is 21.3. The molecule has 2 atom stereocenters. The summed E-state index contributed by atoms with van der Waals surface area (Å²) < 4.78 is 36.1. The van der Waals surface area contributed by atoms with Crippen LogP contribution in [-0.2, 0) is 4.79 Å². The van der Waals surface area contributed by atoms with Gasteiger partial charge in [-0.1, -0.05) is 37.3 Å². The van der Waals surface area contributed by atoms with Crippen LogP contribution in [0.3, 0.4) is 0 Å². The van der Waals surface area contributed by atoms with Crippen LogP contribution >= 0.6 is 0 Å². The highest BCUT2D eigenvalue weighted by molar-refractivity contribution is 5.81. The third-order valence-electron chi connectivity index (χ3n) is 3.18. The maximum absolute atomic E-state index is 12.0. The van der Waals surface area contributed by atoms with Crippen LogP contribution < -0.4 is 5.32 Å². The zero-order valence-corrected chi connectivity index (χ0v) is 13.2. The number of hydrogen-bond acceptors (Lipinski definition) is 3. The molecule has 7 heteroatoms. The molecule has 0 bridgehead atoms. The Morgan fingerprint density at radius 3 is 2.62 bits per heavy atom. The molecule has 1 aromatic carbocycles. The molecule has 0 spiro atoms. The number of benzene rings is 1. The molecule has 24 heavy (non-hydrogen) atoms. The van der Waals surface area contributed by atoms with Crippen LogP contribution in [0.1, 0.15) is 43.4 Å². The van der Waals surface area contributed by atoms with E-state index in [9.17, 15) is 28.2 Å². The summed E-state index contributed by atoms with van der Waals surface area (Å²) in [6.45, 7) is 1.63. The van der Waals surface area contributed by atoms with Crippen molar-refractivity contribution in [3.8, 4) is 11.8 Å². The topological polar surface area (TPSA) is 69.6 Å². The Labute approximate surface area is 138 Å². The molecule has 132 valence electrons. The molecule has 2 unspecified atom stereocenters. The van der Waals surface area contributed by atoms with Gasteiger partial charge in [-0.05, 0) is 30.5 Å². The molecule has 0 fully saturated rings. The van der Waals surface area contributed by atoms with Crippen molar-refractivity contribution in [1.29, 1.82) is 0 Å². The number of carbonyl (C=O) groups is 1. The molecular weight excluding hydrogens is 323 g/mol. The van der Waals surface area contributed by atoms with Crippen molar-refractivity contribution in [2.75, 3.05) is 6.54 Å². The van der Waals surface area contributed by atoms with Gasteiger partial charge in [-0.2, -0.15) is 13.2 Å². The lowest BCUT2D eigenvalue weighted by Gasteiger charge is -2.13. The Hall–Kier alpha value is -2.04. The maximum atomic E-state index is 12.0. The second-order valence-corrected chi connectivity index (χ2v) is 5.26. The summed E-state index contributed by atoms with van der Waals surface area (Å²) in [6.07, 6.45) is -5.37. The average molecular weight is 343 g/mol. The largest absolute Gasteiger partial charge is 0.471 e. The maximum Gasteiger partial charge on any atom is 0.471 e. The van der Waals surface area contributed by atoms with Crippen molar-refractivity contribution in [2.45, 2.75) is 44.6 Å². The molecule has 1 amide bonds. The van der Waals surface area contributed by atoms with Gasteiger partial charge in [-0.25, -0.2) is 0 Å². The van der Waals surface area contributed by atoms with E-state index in [0.717, 1.165) is 6.42 Å².